The molecule has 0 aliphatic carbocycles. The molecular weight excluding hydrogens is 228 g/mol. The van der Waals surface area contributed by atoms with Crippen molar-refractivity contribution in [2.45, 2.75) is 25.7 Å². The van der Waals surface area contributed by atoms with Crippen LogP contribution in [0.15, 0.2) is 30.3 Å². The predicted molar refractivity (Wildman–Crippen MR) is 68.9 cm³/mol. The average Bonchev–Trinajstić information content (AvgIpc) is 2.28. The van der Waals surface area contributed by atoms with E-state index >= 15 is 0 Å². The summed E-state index contributed by atoms with van der Waals surface area (Å²) in [6.07, 6.45) is 0.379. The summed E-state index contributed by atoms with van der Waals surface area (Å²) in [5.41, 5.74) is 0.782. The van der Waals surface area contributed by atoms with Crippen LogP contribution < -0.4 is 4.74 Å². The van der Waals surface area contributed by atoms with Crippen LogP contribution in [0.5, 0.6) is 11.5 Å². The normalized spacial score (nSPS) is 17.3. The van der Waals surface area contributed by atoms with Crippen molar-refractivity contribution < 1.29 is 14.6 Å². The van der Waals surface area contributed by atoms with Crippen molar-refractivity contribution in [3.63, 3.8) is 0 Å². The van der Waals surface area contributed by atoms with E-state index in [9.17, 15) is 9.90 Å². The van der Waals surface area contributed by atoms with Crippen LogP contribution in [0.1, 0.15) is 25.8 Å². The summed E-state index contributed by atoms with van der Waals surface area (Å²) in [7, 11) is 0. The lowest BCUT2D eigenvalue weighted by Gasteiger charge is -2.31. The van der Waals surface area contributed by atoms with E-state index in [0.717, 1.165) is 10.9 Å². The summed E-state index contributed by atoms with van der Waals surface area (Å²) in [5.74, 6) is 0.572. The first kappa shape index (κ1) is 11.1. The molecule has 0 bridgehead atoms. The molecule has 0 unspecified atom stereocenters. The van der Waals surface area contributed by atoms with E-state index < -0.39 is 0 Å². The van der Waals surface area contributed by atoms with Gasteiger partial charge in [-0.1, -0.05) is 38.1 Å². The van der Waals surface area contributed by atoms with Gasteiger partial charge in [-0.15, -0.1) is 0 Å². The Kier molecular flexibility index (Phi) is 2.14. The third-order valence-electron chi connectivity index (χ3n) is 3.52. The number of aromatic hydroxyl groups is 1. The quantitative estimate of drug-likeness (QED) is 0.570. The number of fused-ring (bicyclic) bond motifs is 3. The second-order valence-electron chi connectivity index (χ2n) is 5.35. The first-order chi connectivity index (χ1) is 8.49. The van der Waals surface area contributed by atoms with Gasteiger partial charge in [0, 0.05) is 21.8 Å². The lowest BCUT2D eigenvalue weighted by Crippen LogP contribution is -2.30. The van der Waals surface area contributed by atoms with Gasteiger partial charge in [0.15, 0.2) is 0 Å². The van der Waals surface area contributed by atoms with E-state index in [4.69, 9.17) is 4.74 Å². The van der Waals surface area contributed by atoms with Gasteiger partial charge in [-0.25, -0.2) is 0 Å². The molecule has 18 heavy (non-hydrogen) atoms. The van der Waals surface area contributed by atoms with Crippen LogP contribution in [0.25, 0.3) is 10.8 Å². The number of benzene rings is 2. The molecule has 0 saturated heterocycles. The number of phenolic OH excluding ortho intramolecular Hbond substituents is 1. The largest absolute Gasteiger partial charge is 0.507 e. The summed E-state index contributed by atoms with van der Waals surface area (Å²) < 4.78 is 5.39. The van der Waals surface area contributed by atoms with Gasteiger partial charge in [0.25, 0.3) is 0 Å². The van der Waals surface area contributed by atoms with Crippen LogP contribution in [0.3, 0.4) is 0 Å². The molecule has 2 aromatic carbocycles. The molecule has 3 nitrogen and oxygen atoms in total. The van der Waals surface area contributed by atoms with Gasteiger partial charge in [-0.05, 0) is 6.07 Å². The fourth-order valence-electron chi connectivity index (χ4n) is 2.56. The van der Waals surface area contributed by atoms with Gasteiger partial charge in [-0.2, -0.15) is 0 Å². The third kappa shape index (κ3) is 1.47. The molecule has 2 aromatic rings. The molecule has 0 atom stereocenters. The van der Waals surface area contributed by atoms with Crippen LogP contribution >= 0.6 is 0 Å². The van der Waals surface area contributed by atoms with E-state index in [1.54, 1.807) is 12.1 Å². The summed E-state index contributed by atoms with van der Waals surface area (Å²) in [6.45, 7) is 4.06. The highest BCUT2D eigenvalue weighted by atomic mass is 16.5. The van der Waals surface area contributed by atoms with E-state index in [1.807, 2.05) is 32.0 Å². The molecule has 0 amide bonds. The van der Waals surface area contributed by atoms with E-state index in [0.29, 0.717) is 17.6 Å². The van der Waals surface area contributed by atoms with Crippen molar-refractivity contribution in [3.8, 4) is 11.5 Å². The zero-order valence-corrected chi connectivity index (χ0v) is 10.4. The Bertz CT molecular complexity index is 656. The summed E-state index contributed by atoms with van der Waals surface area (Å²) in [6, 6.07) is 9.06. The number of hydrogen-bond donors (Lipinski definition) is 1. The number of carbonyl (C=O) groups excluding carboxylic acids is 1. The molecule has 0 saturated carbocycles. The van der Waals surface area contributed by atoms with Crippen LogP contribution in [-0.4, -0.2) is 11.1 Å². The van der Waals surface area contributed by atoms with Crippen LogP contribution in [0.2, 0.25) is 0 Å². The van der Waals surface area contributed by atoms with Gasteiger partial charge in [0.2, 0.25) is 0 Å². The van der Waals surface area contributed by atoms with Crippen molar-refractivity contribution in [2.24, 2.45) is 0 Å². The lowest BCUT2D eigenvalue weighted by molar-refractivity contribution is -0.136. The van der Waals surface area contributed by atoms with E-state index in [1.165, 1.54) is 0 Å². The van der Waals surface area contributed by atoms with Crippen LogP contribution in [0.4, 0.5) is 0 Å². The molecular formula is C15H14O3. The smallest absolute Gasteiger partial charge is 0.312 e. The minimum atomic E-state index is -0.232. The maximum Gasteiger partial charge on any atom is 0.312 e. The fraction of sp³-hybridized carbons (Fsp3) is 0.267. The molecule has 92 valence electrons. The monoisotopic (exact) mass is 242 g/mol. The highest BCUT2D eigenvalue weighted by Gasteiger charge is 2.34. The molecule has 3 heteroatoms. The zero-order chi connectivity index (χ0) is 12.9. The Labute approximate surface area is 105 Å². The first-order valence-electron chi connectivity index (χ1n) is 5.95. The average molecular weight is 242 g/mol. The van der Waals surface area contributed by atoms with Crippen molar-refractivity contribution >= 4 is 16.7 Å². The SMILES string of the molecule is CC1(C)CC(=O)Oc2c1ccc1c(O)cccc21. The molecule has 0 fully saturated rings. The number of esters is 1. The molecule has 0 aromatic heterocycles. The fourth-order valence-corrected chi connectivity index (χ4v) is 2.56. The van der Waals surface area contributed by atoms with E-state index in [-0.39, 0.29) is 17.1 Å². The Balaban J connectivity index is 2.38. The second kappa shape index (κ2) is 3.48. The molecule has 1 heterocycles. The number of hydrogen-bond acceptors (Lipinski definition) is 3. The second-order valence-corrected chi connectivity index (χ2v) is 5.35. The first-order valence-corrected chi connectivity index (χ1v) is 5.95. The number of carbonyl (C=O) groups is 1. The third-order valence-corrected chi connectivity index (χ3v) is 3.52. The van der Waals surface area contributed by atoms with Gasteiger partial charge < -0.3 is 9.84 Å². The highest BCUT2D eigenvalue weighted by Crippen LogP contribution is 2.44. The lowest BCUT2D eigenvalue weighted by atomic mass is 9.78. The van der Waals surface area contributed by atoms with Gasteiger partial charge in [0.1, 0.15) is 11.5 Å². The van der Waals surface area contributed by atoms with Crippen LogP contribution in [-0.2, 0) is 10.2 Å². The standard InChI is InChI=1S/C15H14O3/c1-15(2)8-13(17)18-14-10-4-3-5-12(16)9(10)6-7-11(14)15/h3-7,16H,8H2,1-2H3. The summed E-state index contributed by atoms with van der Waals surface area (Å²) >= 11 is 0. The van der Waals surface area contributed by atoms with Crippen molar-refractivity contribution in [1.82, 2.24) is 0 Å². The molecule has 0 spiro atoms. The van der Waals surface area contributed by atoms with Gasteiger partial charge in [0.05, 0.1) is 6.42 Å². The number of rotatable bonds is 0. The van der Waals surface area contributed by atoms with Gasteiger partial charge >= 0.3 is 5.97 Å². The minimum absolute atomic E-state index is 0.203. The topological polar surface area (TPSA) is 46.5 Å². The molecule has 1 aliphatic rings. The zero-order valence-electron chi connectivity index (χ0n) is 10.4. The summed E-state index contributed by atoms with van der Waals surface area (Å²) in [4.78, 5) is 11.7. The number of phenols is 1. The maximum atomic E-state index is 11.7. The van der Waals surface area contributed by atoms with Crippen molar-refractivity contribution in [1.29, 1.82) is 0 Å². The molecule has 1 aliphatic heterocycles. The predicted octanol–water partition coefficient (Wildman–Crippen LogP) is 3.13. The Morgan fingerprint density at radius 1 is 1.17 bits per heavy atom. The summed E-state index contributed by atoms with van der Waals surface area (Å²) in [5, 5.41) is 11.3. The Morgan fingerprint density at radius 2 is 1.94 bits per heavy atom. The minimum Gasteiger partial charge on any atom is -0.507 e. The highest BCUT2D eigenvalue weighted by molar-refractivity contribution is 5.97. The van der Waals surface area contributed by atoms with Crippen molar-refractivity contribution in [2.75, 3.05) is 0 Å². The van der Waals surface area contributed by atoms with Crippen LogP contribution in [0, 0.1) is 0 Å². The molecule has 1 N–H and O–H groups in total. The van der Waals surface area contributed by atoms with E-state index in [2.05, 4.69) is 0 Å². The number of ether oxygens (including phenoxy) is 1. The Hall–Kier alpha value is -2.03. The maximum absolute atomic E-state index is 11.7. The molecule has 0 radical (unpaired) electrons. The Morgan fingerprint density at radius 3 is 2.72 bits per heavy atom. The van der Waals surface area contributed by atoms with Gasteiger partial charge in [-0.3, -0.25) is 4.79 Å². The molecule has 3 rings (SSSR count). The van der Waals surface area contributed by atoms with Crippen molar-refractivity contribution in [3.05, 3.63) is 35.9 Å².